The van der Waals surface area contributed by atoms with E-state index in [4.69, 9.17) is 0 Å². The number of hydrogen-bond acceptors (Lipinski definition) is 3. The Labute approximate surface area is 185 Å². The summed E-state index contributed by atoms with van der Waals surface area (Å²) in [7, 11) is 1.94. The molecule has 2 aromatic carbocycles. The molecule has 1 aliphatic carbocycles. The summed E-state index contributed by atoms with van der Waals surface area (Å²) in [5.41, 5.74) is 3.94. The minimum atomic E-state index is -0.681. The van der Waals surface area contributed by atoms with Crippen molar-refractivity contribution in [2.24, 2.45) is 0 Å². The molecule has 4 heteroatoms. The van der Waals surface area contributed by atoms with E-state index in [1.807, 2.05) is 42.3 Å². The topological polar surface area (TPSA) is 43.8 Å². The molecule has 31 heavy (non-hydrogen) atoms. The molecule has 0 aromatic heterocycles. The van der Waals surface area contributed by atoms with Gasteiger partial charge in [-0.15, -0.1) is 0 Å². The van der Waals surface area contributed by atoms with E-state index < -0.39 is 5.60 Å². The average molecular weight is 419 g/mol. The normalized spacial score (nSPS) is 25.0. The Balaban J connectivity index is 1.17. The van der Waals surface area contributed by atoms with Crippen LogP contribution in [0.4, 0.5) is 5.69 Å². The van der Waals surface area contributed by atoms with Gasteiger partial charge in [-0.25, -0.2) is 0 Å². The number of carbonyl (C=O) groups excluding carboxylic acids is 1. The van der Waals surface area contributed by atoms with Gasteiger partial charge in [-0.1, -0.05) is 48.9 Å². The summed E-state index contributed by atoms with van der Waals surface area (Å²) in [4.78, 5) is 17.7. The van der Waals surface area contributed by atoms with Crippen LogP contribution in [0.3, 0.4) is 0 Å². The first-order chi connectivity index (χ1) is 15.0. The third kappa shape index (κ3) is 3.50. The van der Waals surface area contributed by atoms with Crippen LogP contribution in [0.2, 0.25) is 0 Å². The number of unbranched alkanes of at least 4 members (excludes halogenated alkanes) is 1. The molecule has 1 amide bonds. The summed E-state index contributed by atoms with van der Waals surface area (Å²) < 4.78 is 0. The summed E-state index contributed by atoms with van der Waals surface area (Å²) >= 11 is 0. The molecule has 2 aliphatic heterocycles. The first-order valence-corrected chi connectivity index (χ1v) is 11.9. The molecule has 3 aliphatic rings. The van der Waals surface area contributed by atoms with Gasteiger partial charge < -0.3 is 14.9 Å². The van der Waals surface area contributed by atoms with Gasteiger partial charge in [0, 0.05) is 25.8 Å². The lowest BCUT2D eigenvalue weighted by Crippen LogP contribution is -2.43. The van der Waals surface area contributed by atoms with Crippen molar-refractivity contribution in [3.63, 3.8) is 0 Å². The maximum atomic E-state index is 13.3. The van der Waals surface area contributed by atoms with Gasteiger partial charge in [0.2, 0.25) is 5.91 Å². The second-order valence-corrected chi connectivity index (χ2v) is 9.81. The Morgan fingerprint density at radius 3 is 2.52 bits per heavy atom. The standard InChI is InChI=1S/C27H34N2O2/c1-28-23-13-7-9-21-10-8-15-26(24(21)23,25(28)30)14-5-6-18-29-19-16-27(31,17-20-29)22-11-3-2-4-12-22/h2-4,7,9,11-13,31H,5-6,8,10,14-20H2,1H3. The van der Waals surface area contributed by atoms with Crippen molar-refractivity contribution >= 4 is 11.6 Å². The maximum Gasteiger partial charge on any atom is 0.237 e. The van der Waals surface area contributed by atoms with Crippen LogP contribution < -0.4 is 4.90 Å². The molecule has 1 N–H and O–H groups in total. The van der Waals surface area contributed by atoms with Crippen molar-refractivity contribution in [3.05, 3.63) is 65.2 Å². The second-order valence-electron chi connectivity index (χ2n) is 9.81. The van der Waals surface area contributed by atoms with Crippen LogP contribution in [0.25, 0.3) is 0 Å². The molecule has 2 heterocycles. The predicted molar refractivity (Wildman–Crippen MR) is 124 cm³/mol. The van der Waals surface area contributed by atoms with E-state index >= 15 is 0 Å². The van der Waals surface area contributed by atoms with E-state index in [0.717, 1.165) is 82.3 Å². The molecule has 1 atom stereocenters. The highest BCUT2D eigenvalue weighted by Crippen LogP contribution is 2.51. The Morgan fingerprint density at radius 1 is 0.968 bits per heavy atom. The average Bonchev–Trinajstić information content (AvgIpc) is 3.03. The number of carbonyl (C=O) groups is 1. The molecule has 0 saturated carbocycles. The zero-order chi connectivity index (χ0) is 21.5. The minimum Gasteiger partial charge on any atom is -0.385 e. The van der Waals surface area contributed by atoms with Crippen LogP contribution in [-0.4, -0.2) is 42.6 Å². The van der Waals surface area contributed by atoms with Crippen LogP contribution in [0, 0.1) is 0 Å². The second kappa shape index (κ2) is 8.07. The van der Waals surface area contributed by atoms with Crippen molar-refractivity contribution in [2.75, 3.05) is 31.6 Å². The number of amides is 1. The van der Waals surface area contributed by atoms with E-state index in [1.165, 1.54) is 11.1 Å². The van der Waals surface area contributed by atoms with Gasteiger partial charge in [-0.05, 0) is 74.2 Å². The first-order valence-electron chi connectivity index (χ1n) is 11.9. The number of piperidine rings is 1. The van der Waals surface area contributed by atoms with Crippen LogP contribution in [0.15, 0.2) is 48.5 Å². The van der Waals surface area contributed by atoms with Gasteiger partial charge in [0.25, 0.3) is 0 Å². The summed E-state index contributed by atoms with van der Waals surface area (Å²) in [6.45, 7) is 2.93. The molecule has 1 saturated heterocycles. The number of anilines is 1. The molecular formula is C27H34N2O2. The Morgan fingerprint density at radius 2 is 1.74 bits per heavy atom. The molecule has 2 aromatic rings. The smallest absolute Gasteiger partial charge is 0.237 e. The number of likely N-dealkylation sites (N-methyl/N-ethyl adjacent to an activating group) is 1. The first kappa shape index (κ1) is 20.7. The minimum absolute atomic E-state index is 0.283. The fraction of sp³-hybridized carbons (Fsp3) is 0.519. The SMILES string of the molecule is CN1C(=O)C2(CCCCN3CCC(O)(c4ccccc4)CC3)CCCc3cccc1c32. The fourth-order valence-electron chi connectivity index (χ4n) is 6.28. The Kier molecular flexibility index (Phi) is 5.39. The van der Waals surface area contributed by atoms with Crippen LogP contribution in [0.1, 0.15) is 61.6 Å². The molecule has 1 fully saturated rings. The monoisotopic (exact) mass is 418 g/mol. The molecule has 164 valence electrons. The number of aryl methyl sites for hydroxylation is 1. The van der Waals surface area contributed by atoms with Gasteiger partial charge in [-0.3, -0.25) is 4.79 Å². The third-order valence-corrected chi connectivity index (χ3v) is 8.05. The molecule has 0 bridgehead atoms. The van der Waals surface area contributed by atoms with Crippen LogP contribution in [0.5, 0.6) is 0 Å². The number of aliphatic hydroxyl groups is 1. The van der Waals surface area contributed by atoms with Crippen molar-refractivity contribution < 1.29 is 9.90 Å². The van der Waals surface area contributed by atoms with Crippen molar-refractivity contribution in [1.82, 2.24) is 4.90 Å². The number of benzene rings is 2. The zero-order valence-corrected chi connectivity index (χ0v) is 18.6. The van der Waals surface area contributed by atoms with Gasteiger partial charge >= 0.3 is 0 Å². The number of nitrogens with zero attached hydrogens (tertiary/aromatic N) is 2. The van der Waals surface area contributed by atoms with Crippen molar-refractivity contribution in [1.29, 1.82) is 0 Å². The molecule has 0 radical (unpaired) electrons. The zero-order valence-electron chi connectivity index (χ0n) is 18.6. The van der Waals surface area contributed by atoms with Gasteiger partial charge in [0.15, 0.2) is 0 Å². The largest absolute Gasteiger partial charge is 0.385 e. The molecule has 5 rings (SSSR count). The van der Waals surface area contributed by atoms with E-state index in [-0.39, 0.29) is 5.41 Å². The Hall–Kier alpha value is -2.17. The third-order valence-electron chi connectivity index (χ3n) is 8.05. The number of rotatable bonds is 6. The fourth-order valence-corrected chi connectivity index (χ4v) is 6.28. The van der Waals surface area contributed by atoms with Crippen molar-refractivity contribution in [2.45, 2.75) is 62.4 Å². The molecule has 4 nitrogen and oxygen atoms in total. The lowest BCUT2D eigenvalue weighted by atomic mass is 9.68. The Bertz CT molecular complexity index is 949. The van der Waals surface area contributed by atoms with Gasteiger partial charge in [0.1, 0.15) is 0 Å². The highest BCUT2D eigenvalue weighted by molar-refractivity contribution is 6.08. The summed E-state index contributed by atoms with van der Waals surface area (Å²) in [6.07, 6.45) is 7.94. The molecule has 1 unspecified atom stereocenters. The van der Waals surface area contributed by atoms with Crippen LogP contribution in [-0.2, 0) is 22.2 Å². The van der Waals surface area contributed by atoms with Gasteiger partial charge in [-0.2, -0.15) is 0 Å². The van der Waals surface area contributed by atoms with E-state index in [9.17, 15) is 9.90 Å². The number of hydrogen-bond donors (Lipinski definition) is 1. The molecular weight excluding hydrogens is 384 g/mol. The van der Waals surface area contributed by atoms with Crippen molar-refractivity contribution in [3.8, 4) is 0 Å². The highest BCUT2D eigenvalue weighted by atomic mass is 16.3. The quantitative estimate of drug-likeness (QED) is 0.708. The maximum absolute atomic E-state index is 13.3. The van der Waals surface area contributed by atoms with E-state index in [0.29, 0.717) is 5.91 Å². The molecule has 0 spiro atoms. The lowest BCUT2D eigenvalue weighted by Gasteiger charge is -2.39. The predicted octanol–water partition coefficient (Wildman–Crippen LogP) is 4.39. The summed E-state index contributed by atoms with van der Waals surface area (Å²) in [6, 6.07) is 16.5. The van der Waals surface area contributed by atoms with Crippen LogP contribution >= 0.6 is 0 Å². The summed E-state index contributed by atoms with van der Waals surface area (Å²) in [5.74, 6) is 0.306. The van der Waals surface area contributed by atoms with E-state index in [2.05, 4.69) is 23.1 Å². The summed E-state index contributed by atoms with van der Waals surface area (Å²) in [5, 5.41) is 11.1. The van der Waals surface area contributed by atoms with Gasteiger partial charge in [0.05, 0.1) is 11.0 Å². The van der Waals surface area contributed by atoms with E-state index in [1.54, 1.807) is 0 Å². The lowest BCUT2D eigenvalue weighted by molar-refractivity contribution is -0.123. The number of likely N-dealkylation sites (tertiary alicyclic amines) is 1. The highest BCUT2D eigenvalue weighted by Gasteiger charge is 2.51.